The third-order valence-electron chi connectivity index (χ3n) is 1.48. The summed E-state index contributed by atoms with van der Waals surface area (Å²) in [7, 11) is 1.80. The summed E-state index contributed by atoms with van der Waals surface area (Å²) in [5.41, 5.74) is 5.50. The Kier molecular flexibility index (Phi) is 2.56. The van der Waals surface area contributed by atoms with Gasteiger partial charge in [-0.25, -0.2) is 4.98 Å². The Morgan fingerprint density at radius 2 is 2.55 bits per heavy atom. The van der Waals surface area contributed by atoms with Crippen LogP contribution in [-0.2, 0) is 13.5 Å². The number of hydrogen-bond donors (Lipinski definition) is 2. The van der Waals surface area contributed by atoms with Gasteiger partial charge in [0.25, 0.3) is 0 Å². The first-order valence-corrected chi connectivity index (χ1v) is 3.43. The Morgan fingerprint density at radius 3 is 3.00 bits per heavy atom. The molecule has 1 unspecified atom stereocenters. The van der Waals surface area contributed by atoms with Gasteiger partial charge < -0.3 is 10.8 Å². The van der Waals surface area contributed by atoms with Crippen LogP contribution in [0.2, 0.25) is 0 Å². The first kappa shape index (κ1) is 8.16. The van der Waals surface area contributed by atoms with Crippen molar-refractivity contribution in [1.29, 1.82) is 0 Å². The Morgan fingerprint density at radius 1 is 1.82 bits per heavy atom. The molecule has 0 aliphatic rings. The molecule has 1 heterocycles. The molecule has 1 aromatic rings. The molecule has 0 spiro atoms. The van der Waals surface area contributed by atoms with Crippen molar-refractivity contribution in [3.8, 4) is 0 Å². The van der Waals surface area contributed by atoms with Crippen LogP contribution in [0, 0.1) is 0 Å². The Bertz CT molecular complexity index is 222. The van der Waals surface area contributed by atoms with E-state index >= 15 is 0 Å². The van der Waals surface area contributed by atoms with Crippen LogP contribution >= 0.6 is 0 Å². The van der Waals surface area contributed by atoms with Crippen molar-refractivity contribution in [3.63, 3.8) is 0 Å². The largest absolute Gasteiger partial charge is 0.395 e. The predicted octanol–water partition coefficient (Wildman–Crippen LogP) is -1.32. The average Bonchev–Trinajstić information content (AvgIpc) is 2.37. The molecule has 0 aliphatic carbocycles. The number of nitrogens with two attached hydrogens (primary N) is 1. The number of nitrogens with zero attached hydrogens (tertiary/aromatic N) is 3. The van der Waals surface area contributed by atoms with Crippen molar-refractivity contribution in [2.24, 2.45) is 12.8 Å². The number of aliphatic hydroxyl groups is 1. The minimum absolute atomic E-state index is 0.0210. The number of aromatic nitrogens is 3. The van der Waals surface area contributed by atoms with Crippen LogP contribution in [0.1, 0.15) is 5.82 Å². The van der Waals surface area contributed by atoms with Crippen LogP contribution in [-0.4, -0.2) is 32.5 Å². The molecular weight excluding hydrogens is 144 g/mol. The zero-order valence-corrected chi connectivity index (χ0v) is 6.44. The molecule has 1 rings (SSSR count). The lowest BCUT2D eigenvalue weighted by molar-refractivity contribution is 0.263. The standard InChI is InChI=1S/C6H12N4O/c1-10-6(8-4-9-10)2-5(7)3-11/h4-5,11H,2-3,7H2,1H3. The van der Waals surface area contributed by atoms with Gasteiger partial charge >= 0.3 is 0 Å². The predicted molar refractivity (Wildman–Crippen MR) is 39.8 cm³/mol. The monoisotopic (exact) mass is 156 g/mol. The maximum Gasteiger partial charge on any atom is 0.138 e. The lowest BCUT2D eigenvalue weighted by Gasteiger charge is -2.05. The van der Waals surface area contributed by atoms with Gasteiger partial charge in [0.1, 0.15) is 12.2 Å². The number of hydrogen-bond acceptors (Lipinski definition) is 4. The van der Waals surface area contributed by atoms with E-state index in [4.69, 9.17) is 10.8 Å². The van der Waals surface area contributed by atoms with E-state index in [0.29, 0.717) is 6.42 Å². The van der Waals surface area contributed by atoms with Crippen LogP contribution in [0.25, 0.3) is 0 Å². The second kappa shape index (κ2) is 3.45. The van der Waals surface area contributed by atoms with E-state index in [1.807, 2.05) is 0 Å². The van der Waals surface area contributed by atoms with E-state index in [0.717, 1.165) is 5.82 Å². The first-order chi connectivity index (χ1) is 5.24. The van der Waals surface area contributed by atoms with E-state index in [1.165, 1.54) is 6.33 Å². The van der Waals surface area contributed by atoms with Crippen molar-refractivity contribution in [2.45, 2.75) is 12.5 Å². The second-order valence-electron chi connectivity index (χ2n) is 2.45. The minimum Gasteiger partial charge on any atom is -0.395 e. The third-order valence-corrected chi connectivity index (χ3v) is 1.48. The highest BCUT2D eigenvalue weighted by molar-refractivity contribution is 4.87. The van der Waals surface area contributed by atoms with Crippen molar-refractivity contribution in [2.75, 3.05) is 6.61 Å². The SMILES string of the molecule is Cn1ncnc1CC(N)CO. The van der Waals surface area contributed by atoms with E-state index in [2.05, 4.69) is 10.1 Å². The summed E-state index contributed by atoms with van der Waals surface area (Å²) in [5.74, 6) is 0.798. The Labute approximate surface area is 64.9 Å². The fraction of sp³-hybridized carbons (Fsp3) is 0.667. The van der Waals surface area contributed by atoms with Crippen LogP contribution in [0.3, 0.4) is 0 Å². The highest BCUT2D eigenvalue weighted by Crippen LogP contribution is 1.94. The molecule has 0 saturated heterocycles. The van der Waals surface area contributed by atoms with E-state index in [9.17, 15) is 0 Å². The molecule has 0 saturated carbocycles. The van der Waals surface area contributed by atoms with E-state index in [-0.39, 0.29) is 12.6 Å². The topological polar surface area (TPSA) is 77.0 Å². The molecule has 0 aliphatic heterocycles. The van der Waals surface area contributed by atoms with E-state index in [1.54, 1.807) is 11.7 Å². The molecule has 11 heavy (non-hydrogen) atoms. The summed E-state index contributed by atoms with van der Waals surface area (Å²) in [4.78, 5) is 3.96. The highest BCUT2D eigenvalue weighted by atomic mass is 16.3. The van der Waals surface area contributed by atoms with E-state index < -0.39 is 0 Å². The van der Waals surface area contributed by atoms with Crippen LogP contribution in [0.5, 0.6) is 0 Å². The molecule has 0 amide bonds. The van der Waals surface area contributed by atoms with Crippen LogP contribution in [0.15, 0.2) is 6.33 Å². The zero-order valence-electron chi connectivity index (χ0n) is 6.44. The summed E-state index contributed by atoms with van der Waals surface area (Å²) >= 11 is 0. The van der Waals surface area contributed by atoms with Gasteiger partial charge in [-0.1, -0.05) is 0 Å². The van der Waals surface area contributed by atoms with Gasteiger partial charge in [0.05, 0.1) is 6.61 Å². The summed E-state index contributed by atoms with van der Waals surface area (Å²) < 4.78 is 1.65. The molecule has 0 radical (unpaired) electrons. The molecule has 0 aromatic carbocycles. The lowest BCUT2D eigenvalue weighted by atomic mass is 10.2. The molecule has 1 aromatic heterocycles. The minimum atomic E-state index is -0.238. The molecule has 5 nitrogen and oxygen atoms in total. The third kappa shape index (κ3) is 1.99. The summed E-state index contributed by atoms with van der Waals surface area (Å²) in [6, 6.07) is -0.238. The lowest BCUT2D eigenvalue weighted by Crippen LogP contribution is -2.28. The molecule has 0 bridgehead atoms. The number of aliphatic hydroxyl groups excluding tert-OH is 1. The average molecular weight is 156 g/mol. The highest BCUT2D eigenvalue weighted by Gasteiger charge is 2.05. The normalized spacial score (nSPS) is 13.4. The van der Waals surface area contributed by atoms with Gasteiger partial charge in [-0.2, -0.15) is 5.10 Å². The van der Waals surface area contributed by atoms with Crippen LogP contribution < -0.4 is 5.73 Å². The molecular formula is C6H12N4O. The number of rotatable bonds is 3. The van der Waals surface area contributed by atoms with Gasteiger partial charge in [-0.05, 0) is 0 Å². The van der Waals surface area contributed by atoms with Crippen molar-refractivity contribution >= 4 is 0 Å². The molecule has 3 N–H and O–H groups in total. The summed E-state index contributed by atoms with van der Waals surface area (Å²) in [6.45, 7) is -0.0210. The first-order valence-electron chi connectivity index (χ1n) is 3.43. The fourth-order valence-corrected chi connectivity index (χ4v) is 0.804. The number of aryl methyl sites for hydroxylation is 1. The van der Waals surface area contributed by atoms with Crippen LogP contribution in [0.4, 0.5) is 0 Å². The molecule has 0 fully saturated rings. The smallest absolute Gasteiger partial charge is 0.138 e. The summed E-state index contributed by atoms with van der Waals surface area (Å²) in [5, 5.41) is 12.5. The molecule has 62 valence electrons. The molecule has 1 atom stereocenters. The quantitative estimate of drug-likeness (QED) is 0.569. The fourth-order valence-electron chi connectivity index (χ4n) is 0.804. The van der Waals surface area contributed by atoms with Crippen molar-refractivity contribution in [3.05, 3.63) is 12.2 Å². The zero-order chi connectivity index (χ0) is 8.27. The second-order valence-corrected chi connectivity index (χ2v) is 2.45. The van der Waals surface area contributed by atoms with Crippen molar-refractivity contribution in [1.82, 2.24) is 14.8 Å². The molecule has 5 heteroatoms. The Balaban J connectivity index is 2.56. The summed E-state index contributed by atoms with van der Waals surface area (Å²) in [6.07, 6.45) is 2.03. The Hall–Kier alpha value is -0.940. The van der Waals surface area contributed by atoms with Gasteiger partial charge in [0, 0.05) is 19.5 Å². The van der Waals surface area contributed by atoms with Gasteiger partial charge in [0.15, 0.2) is 0 Å². The van der Waals surface area contributed by atoms with Crippen molar-refractivity contribution < 1.29 is 5.11 Å². The maximum absolute atomic E-state index is 8.64. The maximum atomic E-state index is 8.64. The van der Waals surface area contributed by atoms with Gasteiger partial charge in [-0.3, -0.25) is 4.68 Å². The van der Waals surface area contributed by atoms with Gasteiger partial charge in [0.2, 0.25) is 0 Å². The van der Waals surface area contributed by atoms with Gasteiger partial charge in [-0.15, -0.1) is 0 Å².